The Bertz CT molecular complexity index is 889. The van der Waals surface area contributed by atoms with Crippen molar-refractivity contribution in [3.63, 3.8) is 0 Å². The second-order valence-corrected chi connectivity index (χ2v) is 8.09. The summed E-state index contributed by atoms with van der Waals surface area (Å²) in [5.74, 6) is 0.362. The first-order valence-corrected chi connectivity index (χ1v) is 10.3. The van der Waals surface area contributed by atoms with E-state index in [0.29, 0.717) is 24.5 Å². The third-order valence-corrected chi connectivity index (χ3v) is 6.46. The van der Waals surface area contributed by atoms with E-state index in [2.05, 4.69) is 5.32 Å². The van der Waals surface area contributed by atoms with Gasteiger partial charge in [0.05, 0.1) is 4.90 Å². The number of rotatable bonds is 8. The van der Waals surface area contributed by atoms with Gasteiger partial charge in [0, 0.05) is 18.8 Å². The van der Waals surface area contributed by atoms with Crippen LogP contribution in [0, 0.1) is 13.8 Å². The summed E-state index contributed by atoms with van der Waals surface area (Å²) in [6.07, 6.45) is 0. The molecular formula is C20H26N2O4S. The van der Waals surface area contributed by atoms with Gasteiger partial charge in [0.15, 0.2) is 6.61 Å². The molecule has 0 atom stereocenters. The molecule has 2 aromatic carbocycles. The van der Waals surface area contributed by atoms with Gasteiger partial charge in [-0.15, -0.1) is 0 Å². The Labute approximate surface area is 161 Å². The van der Waals surface area contributed by atoms with E-state index in [4.69, 9.17) is 4.74 Å². The fourth-order valence-corrected chi connectivity index (χ4v) is 4.10. The molecule has 0 unspecified atom stereocenters. The van der Waals surface area contributed by atoms with Gasteiger partial charge < -0.3 is 10.1 Å². The van der Waals surface area contributed by atoms with Crippen molar-refractivity contribution in [3.8, 4) is 5.75 Å². The van der Waals surface area contributed by atoms with E-state index in [1.54, 1.807) is 26.0 Å². The summed E-state index contributed by atoms with van der Waals surface area (Å²) >= 11 is 0. The fraction of sp³-hybridized carbons (Fsp3) is 0.350. The van der Waals surface area contributed by atoms with Crippen molar-refractivity contribution in [3.05, 3.63) is 53.6 Å². The molecule has 0 saturated heterocycles. The first-order chi connectivity index (χ1) is 12.8. The fourth-order valence-electron chi connectivity index (χ4n) is 2.64. The van der Waals surface area contributed by atoms with E-state index >= 15 is 0 Å². The second kappa shape index (κ2) is 9.01. The highest BCUT2D eigenvalue weighted by Crippen LogP contribution is 2.21. The molecule has 0 fully saturated rings. The Morgan fingerprint density at radius 2 is 1.67 bits per heavy atom. The van der Waals surface area contributed by atoms with Gasteiger partial charge in [-0.3, -0.25) is 4.79 Å². The van der Waals surface area contributed by atoms with Crippen LogP contribution in [0.2, 0.25) is 0 Å². The van der Waals surface area contributed by atoms with Crippen LogP contribution in [0.1, 0.15) is 25.0 Å². The predicted octanol–water partition coefficient (Wildman–Crippen LogP) is 3.35. The number of hydrogen-bond donors (Lipinski definition) is 1. The Hall–Kier alpha value is -2.38. The molecule has 0 bridgehead atoms. The van der Waals surface area contributed by atoms with E-state index < -0.39 is 10.0 Å². The van der Waals surface area contributed by atoms with E-state index in [9.17, 15) is 13.2 Å². The molecule has 7 heteroatoms. The molecule has 0 aliphatic rings. The van der Waals surface area contributed by atoms with Crippen LogP contribution in [0.15, 0.2) is 47.4 Å². The summed E-state index contributed by atoms with van der Waals surface area (Å²) in [6, 6.07) is 11.8. The lowest BCUT2D eigenvalue weighted by molar-refractivity contribution is -0.118. The molecule has 0 aliphatic heterocycles. The number of benzene rings is 2. The summed E-state index contributed by atoms with van der Waals surface area (Å²) in [6.45, 7) is 8.22. The number of ether oxygens (including phenoxy) is 1. The van der Waals surface area contributed by atoms with Crippen molar-refractivity contribution in [2.45, 2.75) is 32.6 Å². The number of sulfonamides is 1. The number of aryl methyl sites for hydroxylation is 1. The molecule has 0 saturated carbocycles. The van der Waals surface area contributed by atoms with Crippen LogP contribution in [0.5, 0.6) is 5.75 Å². The molecule has 0 heterocycles. The van der Waals surface area contributed by atoms with Crippen LogP contribution in [-0.2, 0) is 14.8 Å². The number of carbonyl (C=O) groups excluding carboxylic acids is 1. The highest BCUT2D eigenvalue weighted by atomic mass is 32.2. The average Bonchev–Trinajstić information content (AvgIpc) is 2.64. The SMILES string of the molecule is CCN(CC)S(=O)(=O)c1ccc(NC(=O)COc2cccc(C)c2C)cc1. The van der Waals surface area contributed by atoms with Crippen molar-refractivity contribution < 1.29 is 17.9 Å². The van der Waals surface area contributed by atoms with Crippen molar-refractivity contribution >= 4 is 21.6 Å². The Morgan fingerprint density at radius 1 is 1.04 bits per heavy atom. The zero-order valence-electron chi connectivity index (χ0n) is 16.2. The second-order valence-electron chi connectivity index (χ2n) is 6.15. The number of amides is 1. The summed E-state index contributed by atoms with van der Waals surface area (Å²) in [4.78, 5) is 12.3. The highest BCUT2D eigenvalue weighted by molar-refractivity contribution is 7.89. The first kappa shape index (κ1) is 20.9. The number of nitrogens with one attached hydrogen (secondary N) is 1. The number of nitrogens with zero attached hydrogens (tertiary/aromatic N) is 1. The molecule has 0 aromatic heterocycles. The van der Waals surface area contributed by atoms with Gasteiger partial charge in [-0.2, -0.15) is 4.31 Å². The number of hydrogen-bond acceptors (Lipinski definition) is 4. The zero-order chi connectivity index (χ0) is 20.0. The number of anilines is 1. The molecule has 146 valence electrons. The molecule has 6 nitrogen and oxygen atoms in total. The number of carbonyl (C=O) groups is 1. The van der Waals surface area contributed by atoms with Crippen LogP contribution in [0.4, 0.5) is 5.69 Å². The zero-order valence-corrected chi connectivity index (χ0v) is 17.0. The molecule has 0 radical (unpaired) electrons. The predicted molar refractivity (Wildman–Crippen MR) is 107 cm³/mol. The molecular weight excluding hydrogens is 364 g/mol. The van der Waals surface area contributed by atoms with Gasteiger partial charge in [-0.05, 0) is 55.3 Å². The molecule has 0 spiro atoms. The lowest BCUT2D eigenvalue weighted by atomic mass is 10.1. The Kier molecular flexibility index (Phi) is 6.98. The van der Waals surface area contributed by atoms with Crippen LogP contribution in [0.25, 0.3) is 0 Å². The van der Waals surface area contributed by atoms with Crippen molar-refractivity contribution in [1.29, 1.82) is 0 Å². The third kappa shape index (κ3) is 5.08. The minimum atomic E-state index is -3.51. The van der Waals surface area contributed by atoms with Gasteiger partial charge in [0.1, 0.15) is 5.75 Å². The first-order valence-electron chi connectivity index (χ1n) is 8.88. The van der Waals surface area contributed by atoms with Gasteiger partial charge in [0.2, 0.25) is 10.0 Å². The lowest BCUT2D eigenvalue weighted by Crippen LogP contribution is -2.30. The molecule has 27 heavy (non-hydrogen) atoms. The maximum absolute atomic E-state index is 12.5. The van der Waals surface area contributed by atoms with Crippen molar-refractivity contribution in [1.82, 2.24) is 4.31 Å². The Morgan fingerprint density at radius 3 is 2.26 bits per heavy atom. The Balaban J connectivity index is 2.00. The standard InChI is InChI=1S/C20H26N2O4S/c1-5-22(6-2)27(24,25)18-12-10-17(11-13-18)21-20(23)14-26-19-9-7-8-15(3)16(19)4/h7-13H,5-6,14H2,1-4H3,(H,21,23). The summed E-state index contributed by atoms with van der Waals surface area (Å²) in [5, 5.41) is 2.71. The molecule has 1 N–H and O–H groups in total. The normalized spacial score (nSPS) is 11.4. The van der Waals surface area contributed by atoms with Gasteiger partial charge in [-0.25, -0.2) is 8.42 Å². The smallest absolute Gasteiger partial charge is 0.262 e. The van der Waals surface area contributed by atoms with Crippen LogP contribution >= 0.6 is 0 Å². The summed E-state index contributed by atoms with van der Waals surface area (Å²) in [5.41, 5.74) is 2.61. The third-order valence-electron chi connectivity index (χ3n) is 4.39. The summed E-state index contributed by atoms with van der Waals surface area (Å²) < 4.78 is 31.9. The van der Waals surface area contributed by atoms with Crippen molar-refractivity contribution in [2.75, 3.05) is 25.0 Å². The molecule has 0 aliphatic carbocycles. The molecule has 2 rings (SSSR count). The molecule has 1 amide bonds. The van der Waals surface area contributed by atoms with E-state index in [1.807, 2.05) is 32.0 Å². The topological polar surface area (TPSA) is 75.7 Å². The maximum atomic E-state index is 12.5. The maximum Gasteiger partial charge on any atom is 0.262 e. The van der Waals surface area contributed by atoms with Gasteiger partial charge in [-0.1, -0.05) is 26.0 Å². The summed E-state index contributed by atoms with van der Waals surface area (Å²) in [7, 11) is -3.51. The minimum Gasteiger partial charge on any atom is -0.483 e. The van der Waals surface area contributed by atoms with Crippen LogP contribution in [0.3, 0.4) is 0 Å². The van der Waals surface area contributed by atoms with Gasteiger partial charge in [0.25, 0.3) is 5.91 Å². The molecule has 2 aromatic rings. The van der Waals surface area contributed by atoms with Crippen molar-refractivity contribution in [2.24, 2.45) is 0 Å². The van der Waals surface area contributed by atoms with E-state index in [-0.39, 0.29) is 17.4 Å². The van der Waals surface area contributed by atoms with Crippen LogP contribution in [-0.4, -0.2) is 38.3 Å². The van der Waals surface area contributed by atoms with Gasteiger partial charge >= 0.3 is 0 Å². The lowest BCUT2D eigenvalue weighted by Gasteiger charge is -2.18. The monoisotopic (exact) mass is 390 g/mol. The van der Waals surface area contributed by atoms with E-state index in [1.165, 1.54) is 16.4 Å². The quantitative estimate of drug-likeness (QED) is 0.750. The average molecular weight is 391 g/mol. The van der Waals surface area contributed by atoms with E-state index in [0.717, 1.165) is 11.1 Å². The minimum absolute atomic E-state index is 0.121. The highest BCUT2D eigenvalue weighted by Gasteiger charge is 2.21. The largest absolute Gasteiger partial charge is 0.483 e. The van der Waals surface area contributed by atoms with Crippen LogP contribution < -0.4 is 10.1 Å².